The highest BCUT2D eigenvalue weighted by atomic mass is 16.6. The number of rotatable bonds is 16. The second-order valence-corrected chi connectivity index (χ2v) is 18.5. The highest BCUT2D eigenvalue weighted by molar-refractivity contribution is 6.11. The summed E-state index contributed by atoms with van der Waals surface area (Å²) in [5.41, 5.74) is 1.06. The predicted molar refractivity (Wildman–Crippen MR) is 260 cm³/mol. The van der Waals surface area contributed by atoms with Gasteiger partial charge in [-0.3, -0.25) is 19.2 Å². The molecule has 4 N–H and O–H groups in total. The molecule has 5 aromatic rings. The van der Waals surface area contributed by atoms with Crippen molar-refractivity contribution in [3.05, 3.63) is 144 Å². The fourth-order valence-electron chi connectivity index (χ4n) is 8.12. The number of nitrogens with zero attached hydrogens (tertiary/aromatic N) is 3. The molecule has 0 saturated heterocycles. The Morgan fingerprint density at radius 2 is 1.47 bits per heavy atom. The Balaban J connectivity index is 1.02. The van der Waals surface area contributed by atoms with Crippen LogP contribution in [0.4, 0.5) is 17.1 Å². The van der Waals surface area contributed by atoms with Crippen LogP contribution >= 0.6 is 0 Å². The van der Waals surface area contributed by atoms with Gasteiger partial charge in [0.2, 0.25) is 5.91 Å². The number of aryl methyl sites for hydroxylation is 1. The molecule has 2 unspecified atom stereocenters. The number of ether oxygens (including phenoxy) is 3. The fraction of sp³-hybridized carbons (Fsp3) is 0.302. The molecule has 4 aromatic carbocycles. The molecule has 0 aliphatic heterocycles. The zero-order chi connectivity index (χ0) is 49.1. The van der Waals surface area contributed by atoms with E-state index in [1.54, 1.807) is 101 Å². The van der Waals surface area contributed by atoms with Crippen LogP contribution < -0.4 is 30.7 Å². The molecule has 7 rings (SSSR count). The number of esters is 1. The summed E-state index contributed by atoms with van der Waals surface area (Å²) in [7, 11) is 1.90. The minimum Gasteiger partial charge on any atom is -0.486 e. The van der Waals surface area contributed by atoms with Crippen LogP contribution in [-0.4, -0.2) is 63.0 Å². The van der Waals surface area contributed by atoms with Gasteiger partial charge in [0.15, 0.2) is 11.5 Å². The van der Waals surface area contributed by atoms with Crippen molar-refractivity contribution in [1.29, 1.82) is 5.26 Å². The maximum absolute atomic E-state index is 14.0. The van der Waals surface area contributed by atoms with Gasteiger partial charge in [-0.1, -0.05) is 30.9 Å². The molecule has 68 heavy (non-hydrogen) atoms. The average Bonchev–Trinajstić information content (AvgIpc) is 3.72. The number of amides is 4. The lowest BCUT2D eigenvalue weighted by atomic mass is 9.85. The Bertz CT molecular complexity index is 2900. The Morgan fingerprint density at radius 3 is 2.03 bits per heavy atom. The zero-order valence-corrected chi connectivity index (χ0v) is 39.2. The van der Waals surface area contributed by atoms with Gasteiger partial charge in [-0.15, -0.1) is 6.58 Å². The van der Waals surface area contributed by atoms with Gasteiger partial charge in [0, 0.05) is 35.9 Å². The summed E-state index contributed by atoms with van der Waals surface area (Å²) in [6.07, 6.45) is 7.40. The molecule has 1 heterocycles. The number of nitrogens with one attached hydrogen (secondary N) is 4. The smallest absolute Gasteiger partial charge is 0.338 e. The van der Waals surface area contributed by atoms with E-state index in [1.165, 1.54) is 18.2 Å². The SMILES string of the molecule is C=CCOc1c(C(=O)Nc2ccc(C(=O)OC(C)(C)C)cc2)ccc(C(=O)Nc2ccc(NC(=O)[C@]3(NC(=O)C4(C)C=CC(c5nc6ccc(C#N)cc6n5C)C4)C[C@@H]3C=C)cc2)c1OC(C)C. The molecule has 2 aliphatic rings. The van der Waals surface area contributed by atoms with Gasteiger partial charge in [0.25, 0.3) is 17.7 Å². The summed E-state index contributed by atoms with van der Waals surface area (Å²) in [6.45, 7) is 18.4. The number of benzene rings is 4. The molecule has 1 fully saturated rings. The standard InChI is InChI=1S/C53H55N7O8/c1-10-26-66-43-39(46(61)55-36-15-13-33(14-16-36)48(63)68-51(5,6)7)21-22-40(44(43)67-31(3)4)47(62)56-37-17-19-38(20-18-37)57-50(65)53(29-35(53)11-2)59-49(64)52(8)25-24-34(28-52)45-58-41-23-12-32(30-54)27-42(41)60(45)9/h10-25,27,31,34-35H,1-2,26,28-29H2,3-9H3,(H,55,61)(H,56,62)(H,57,65)(H,59,64)/t34?,35-,52?,53-/m0/s1. The lowest BCUT2D eigenvalue weighted by Crippen LogP contribution is -2.51. The first kappa shape index (κ1) is 48.0. The number of aromatic nitrogens is 2. The van der Waals surface area contributed by atoms with Crippen LogP contribution in [0.25, 0.3) is 11.0 Å². The monoisotopic (exact) mass is 917 g/mol. The maximum atomic E-state index is 14.0. The topological polar surface area (TPSA) is 203 Å². The molecule has 0 bridgehead atoms. The van der Waals surface area contributed by atoms with E-state index in [2.05, 4.69) is 40.5 Å². The number of allylic oxidation sites excluding steroid dienone is 1. The molecule has 0 spiro atoms. The van der Waals surface area contributed by atoms with Gasteiger partial charge < -0.3 is 40.0 Å². The number of nitriles is 1. The first-order valence-electron chi connectivity index (χ1n) is 22.2. The lowest BCUT2D eigenvalue weighted by molar-refractivity contribution is -0.132. The largest absolute Gasteiger partial charge is 0.486 e. The van der Waals surface area contributed by atoms with Gasteiger partial charge in [0.1, 0.15) is 23.6 Å². The summed E-state index contributed by atoms with van der Waals surface area (Å²) in [6, 6.07) is 23.2. The van der Waals surface area contributed by atoms with Crippen LogP contribution in [-0.2, 0) is 21.4 Å². The lowest BCUT2D eigenvalue weighted by Gasteiger charge is -2.27. The van der Waals surface area contributed by atoms with Crippen LogP contribution in [0.2, 0.25) is 0 Å². The molecule has 4 atom stereocenters. The number of anilines is 3. The first-order chi connectivity index (χ1) is 32.3. The van der Waals surface area contributed by atoms with Gasteiger partial charge in [-0.25, -0.2) is 9.78 Å². The average molecular weight is 918 g/mol. The maximum Gasteiger partial charge on any atom is 0.338 e. The van der Waals surface area contributed by atoms with E-state index in [0.717, 1.165) is 16.9 Å². The van der Waals surface area contributed by atoms with Crippen molar-refractivity contribution in [2.24, 2.45) is 18.4 Å². The van der Waals surface area contributed by atoms with E-state index in [0.29, 0.717) is 41.0 Å². The summed E-state index contributed by atoms with van der Waals surface area (Å²) < 4.78 is 19.5. The van der Waals surface area contributed by atoms with E-state index in [-0.39, 0.29) is 47.0 Å². The molecule has 4 amide bonds. The third-order valence-electron chi connectivity index (χ3n) is 11.8. The van der Waals surface area contributed by atoms with Gasteiger partial charge >= 0.3 is 5.97 Å². The van der Waals surface area contributed by atoms with Crippen molar-refractivity contribution >= 4 is 57.7 Å². The molecular formula is C53H55N7O8. The molecule has 350 valence electrons. The summed E-state index contributed by atoms with van der Waals surface area (Å²) >= 11 is 0. The van der Waals surface area contributed by atoms with Crippen molar-refractivity contribution in [3.8, 4) is 17.6 Å². The first-order valence-corrected chi connectivity index (χ1v) is 22.2. The number of hydrogen-bond donors (Lipinski definition) is 4. The number of imidazole rings is 1. The quantitative estimate of drug-likeness (QED) is 0.0546. The van der Waals surface area contributed by atoms with Crippen molar-refractivity contribution in [2.75, 3.05) is 22.6 Å². The second-order valence-electron chi connectivity index (χ2n) is 18.5. The van der Waals surface area contributed by atoms with Gasteiger partial charge in [-0.05, 0) is 133 Å². The van der Waals surface area contributed by atoms with Crippen molar-refractivity contribution in [3.63, 3.8) is 0 Å². The zero-order valence-electron chi connectivity index (χ0n) is 39.2. The molecule has 15 heteroatoms. The number of fused-ring (bicyclic) bond motifs is 1. The van der Waals surface area contributed by atoms with Crippen LogP contribution in [0.15, 0.2) is 116 Å². The van der Waals surface area contributed by atoms with Crippen LogP contribution in [0.1, 0.15) is 103 Å². The number of hydrogen-bond acceptors (Lipinski definition) is 10. The molecule has 15 nitrogen and oxygen atoms in total. The van der Waals surface area contributed by atoms with Crippen molar-refractivity contribution in [1.82, 2.24) is 14.9 Å². The minimum atomic E-state index is -1.21. The highest BCUT2D eigenvalue weighted by Crippen LogP contribution is 2.48. The molecular weight excluding hydrogens is 863 g/mol. The third-order valence-corrected chi connectivity index (χ3v) is 11.8. The van der Waals surface area contributed by atoms with Crippen molar-refractivity contribution < 1.29 is 38.2 Å². The summed E-state index contributed by atoms with van der Waals surface area (Å²) in [5.74, 6) is -1.90. The summed E-state index contributed by atoms with van der Waals surface area (Å²) in [5, 5.41) is 21.1. The molecule has 1 aromatic heterocycles. The van der Waals surface area contributed by atoms with E-state index in [1.807, 2.05) is 36.8 Å². The summed E-state index contributed by atoms with van der Waals surface area (Å²) in [4.78, 5) is 73.0. The van der Waals surface area contributed by atoms with Gasteiger partial charge in [-0.2, -0.15) is 5.26 Å². The van der Waals surface area contributed by atoms with E-state index in [9.17, 15) is 29.2 Å². The number of carbonyl (C=O) groups excluding carboxylic acids is 5. The molecule has 0 radical (unpaired) electrons. The van der Waals surface area contributed by atoms with Crippen LogP contribution in [0.3, 0.4) is 0 Å². The Hall–Kier alpha value is -7.99. The van der Waals surface area contributed by atoms with Crippen LogP contribution in [0.5, 0.6) is 11.5 Å². The van der Waals surface area contributed by atoms with E-state index in [4.69, 9.17) is 19.2 Å². The van der Waals surface area contributed by atoms with E-state index >= 15 is 0 Å². The fourth-order valence-corrected chi connectivity index (χ4v) is 8.12. The Morgan fingerprint density at radius 1 is 0.868 bits per heavy atom. The highest BCUT2D eigenvalue weighted by Gasteiger charge is 2.61. The van der Waals surface area contributed by atoms with Gasteiger partial charge in [0.05, 0.1) is 50.9 Å². The number of carbonyl (C=O) groups is 5. The van der Waals surface area contributed by atoms with Crippen molar-refractivity contribution in [2.45, 2.75) is 77.5 Å². The Kier molecular flexibility index (Phi) is 13.5. The Labute approximate surface area is 395 Å². The third kappa shape index (κ3) is 10.2. The van der Waals surface area contributed by atoms with Crippen LogP contribution in [0, 0.1) is 22.7 Å². The second kappa shape index (κ2) is 19.1. The minimum absolute atomic E-state index is 0.00277. The normalized spacial score (nSPS) is 19.3. The molecule has 1 saturated carbocycles. The predicted octanol–water partition coefficient (Wildman–Crippen LogP) is 9.01. The van der Waals surface area contributed by atoms with E-state index < -0.39 is 46.3 Å². The molecule has 2 aliphatic carbocycles.